The largest absolute Gasteiger partial charge is 0.400 e. The molecule has 2 unspecified atom stereocenters. The highest BCUT2D eigenvalue weighted by Crippen LogP contribution is 2.21. The molecule has 2 amide bonds. The molecule has 164 valence electrons. The molecule has 0 saturated carbocycles. The number of likely N-dealkylation sites (tertiary alicyclic amines) is 1. The number of carbonyl (C=O) groups excluding carboxylic acids is 2. The fourth-order valence-electron chi connectivity index (χ4n) is 3.54. The van der Waals surface area contributed by atoms with Gasteiger partial charge in [0.25, 0.3) is 0 Å². The van der Waals surface area contributed by atoms with Crippen LogP contribution in [0.3, 0.4) is 0 Å². The predicted octanol–water partition coefficient (Wildman–Crippen LogP) is 1.29. The van der Waals surface area contributed by atoms with Gasteiger partial charge in [0.1, 0.15) is 6.04 Å². The summed E-state index contributed by atoms with van der Waals surface area (Å²) in [5.41, 5.74) is 9.12. The van der Waals surface area contributed by atoms with E-state index in [1.165, 1.54) is 0 Å². The highest BCUT2D eigenvalue weighted by Gasteiger charge is 2.36. The van der Waals surface area contributed by atoms with Crippen LogP contribution in [0.4, 0.5) is 0 Å². The van der Waals surface area contributed by atoms with E-state index in [0.29, 0.717) is 19.5 Å². The summed E-state index contributed by atoms with van der Waals surface area (Å²) in [6.07, 6.45) is 3.28. The molecule has 2 atom stereocenters. The fourth-order valence-corrected chi connectivity index (χ4v) is 3.54. The minimum Gasteiger partial charge on any atom is -0.400 e. The van der Waals surface area contributed by atoms with Crippen LogP contribution in [0.2, 0.25) is 0 Å². The number of hydrogen-bond donors (Lipinski definition) is 3. The number of carbonyl (C=O) groups is 2. The van der Waals surface area contributed by atoms with Gasteiger partial charge in [-0.05, 0) is 36.0 Å². The van der Waals surface area contributed by atoms with E-state index in [9.17, 15) is 9.59 Å². The number of aliphatic hydroxyl groups is 1. The third-order valence-corrected chi connectivity index (χ3v) is 5.38. The fraction of sp³-hybridized carbons (Fsp3) is 0.500. The van der Waals surface area contributed by atoms with Crippen LogP contribution in [-0.2, 0) is 23.2 Å². The standard InChI is InChI=1S/C21H29N5O2.CH4O/c1-14(2)19(22)21(28)26-12-4-5-18(26)20(27)23-13-15-6-8-16(9-7-15)17-10-11-24-25(17)3;1-2/h6-11,14,18-19H,4-5,12-13,22H2,1-3H3,(H,23,27);2H,1H3. The average Bonchev–Trinajstić information content (AvgIpc) is 3.42. The van der Waals surface area contributed by atoms with Gasteiger partial charge in [-0.2, -0.15) is 5.10 Å². The van der Waals surface area contributed by atoms with Crippen molar-refractivity contribution < 1.29 is 14.7 Å². The summed E-state index contributed by atoms with van der Waals surface area (Å²) in [4.78, 5) is 26.9. The van der Waals surface area contributed by atoms with E-state index >= 15 is 0 Å². The molecule has 0 radical (unpaired) electrons. The van der Waals surface area contributed by atoms with Crippen LogP contribution in [0.15, 0.2) is 36.5 Å². The van der Waals surface area contributed by atoms with Crippen LogP contribution < -0.4 is 11.1 Å². The maximum Gasteiger partial charge on any atom is 0.243 e. The summed E-state index contributed by atoms with van der Waals surface area (Å²) in [7, 11) is 2.91. The minimum absolute atomic E-state index is 0.0507. The zero-order valence-electron chi connectivity index (χ0n) is 18.2. The second-order valence-corrected chi connectivity index (χ2v) is 7.71. The summed E-state index contributed by atoms with van der Waals surface area (Å²) in [6, 6.07) is 9.00. The lowest BCUT2D eigenvalue weighted by Crippen LogP contribution is -2.52. The van der Waals surface area contributed by atoms with Crippen molar-refractivity contribution in [1.29, 1.82) is 0 Å². The van der Waals surface area contributed by atoms with Gasteiger partial charge in [-0.15, -0.1) is 0 Å². The van der Waals surface area contributed by atoms with E-state index < -0.39 is 12.1 Å². The highest BCUT2D eigenvalue weighted by molar-refractivity contribution is 5.90. The second kappa shape index (κ2) is 10.9. The van der Waals surface area contributed by atoms with Gasteiger partial charge in [-0.3, -0.25) is 14.3 Å². The van der Waals surface area contributed by atoms with Crippen LogP contribution in [0.25, 0.3) is 11.3 Å². The molecule has 8 heteroatoms. The smallest absolute Gasteiger partial charge is 0.243 e. The Balaban J connectivity index is 0.00000155. The van der Waals surface area contributed by atoms with Gasteiger partial charge in [-0.25, -0.2) is 0 Å². The average molecular weight is 416 g/mol. The number of aliphatic hydroxyl groups excluding tert-OH is 1. The second-order valence-electron chi connectivity index (χ2n) is 7.71. The Kier molecular flexibility index (Phi) is 8.56. The van der Waals surface area contributed by atoms with E-state index in [1.807, 2.05) is 55.9 Å². The Labute approximate surface area is 178 Å². The van der Waals surface area contributed by atoms with Crippen molar-refractivity contribution in [2.75, 3.05) is 13.7 Å². The lowest BCUT2D eigenvalue weighted by Gasteiger charge is -2.28. The highest BCUT2D eigenvalue weighted by atomic mass is 16.2. The summed E-state index contributed by atoms with van der Waals surface area (Å²) < 4.78 is 1.82. The zero-order valence-corrected chi connectivity index (χ0v) is 18.2. The zero-order chi connectivity index (χ0) is 22.3. The number of nitrogens with one attached hydrogen (secondary N) is 1. The lowest BCUT2D eigenvalue weighted by molar-refractivity contribution is -0.140. The number of amides is 2. The molecule has 1 aromatic heterocycles. The van der Waals surface area contributed by atoms with E-state index in [-0.39, 0.29) is 17.7 Å². The van der Waals surface area contributed by atoms with Gasteiger partial charge in [0, 0.05) is 33.4 Å². The number of rotatable bonds is 6. The van der Waals surface area contributed by atoms with Crippen molar-refractivity contribution in [3.63, 3.8) is 0 Å². The van der Waals surface area contributed by atoms with Gasteiger partial charge >= 0.3 is 0 Å². The molecule has 1 saturated heterocycles. The molecule has 30 heavy (non-hydrogen) atoms. The van der Waals surface area contributed by atoms with Crippen molar-refractivity contribution in [1.82, 2.24) is 20.0 Å². The van der Waals surface area contributed by atoms with Crippen LogP contribution in [0.1, 0.15) is 32.3 Å². The molecule has 3 rings (SSSR count). The van der Waals surface area contributed by atoms with Crippen LogP contribution in [0, 0.1) is 5.92 Å². The molecule has 0 aliphatic carbocycles. The first-order valence-electron chi connectivity index (χ1n) is 10.2. The first-order valence-corrected chi connectivity index (χ1v) is 10.2. The van der Waals surface area contributed by atoms with Gasteiger partial charge < -0.3 is 21.1 Å². The van der Waals surface area contributed by atoms with E-state index in [4.69, 9.17) is 10.8 Å². The molecule has 4 N–H and O–H groups in total. The van der Waals surface area contributed by atoms with E-state index in [1.54, 1.807) is 11.1 Å². The molecule has 1 fully saturated rings. The topological polar surface area (TPSA) is 113 Å². The predicted molar refractivity (Wildman–Crippen MR) is 116 cm³/mol. The molecule has 1 aromatic carbocycles. The van der Waals surface area contributed by atoms with Crippen LogP contribution >= 0.6 is 0 Å². The van der Waals surface area contributed by atoms with Gasteiger partial charge in [0.2, 0.25) is 11.8 Å². The van der Waals surface area contributed by atoms with Crippen molar-refractivity contribution in [3.05, 3.63) is 42.1 Å². The van der Waals surface area contributed by atoms with Crippen molar-refractivity contribution in [2.45, 2.75) is 45.3 Å². The molecule has 0 spiro atoms. The number of nitrogens with two attached hydrogens (primary N) is 1. The Morgan fingerprint density at radius 2 is 1.90 bits per heavy atom. The molecular formula is C22H33N5O3. The molecule has 2 heterocycles. The number of aryl methyl sites for hydroxylation is 1. The maximum absolute atomic E-state index is 12.7. The quantitative estimate of drug-likeness (QED) is 0.658. The first-order chi connectivity index (χ1) is 14.4. The van der Waals surface area contributed by atoms with Gasteiger partial charge in [0.15, 0.2) is 0 Å². The Bertz CT molecular complexity index is 832. The number of benzene rings is 1. The normalized spacial score (nSPS) is 16.8. The molecular weight excluding hydrogens is 382 g/mol. The van der Waals surface area contributed by atoms with Crippen molar-refractivity contribution in [3.8, 4) is 11.3 Å². The monoisotopic (exact) mass is 415 g/mol. The minimum atomic E-state index is -0.562. The molecule has 8 nitrogen and oxygen atoms in total. The lowest BCUT2D eigenvalue weighted by atomic mass is 10.0. The van der Waals surface area contributed by atoms with Crippen LogP contribution in [0.5, 0.6) is 0 Å². The number of aromatic nitrogens is 2. The van der Waals surface area contributed by atoms with Gasteiger partial charge in [0.05, 0.1) is 11.7 Å². The Morgan fingerprint density at radius 3 is 2.47 bits per heavy atom. The number of nitrogens with zero attached hydrogens (tertiary/aromatic N) is 3. The van der Waals surface area contributed by atoms with Crippen molar-refractivity contribution in [2.24, 2.45) is 18.7 Å². The first kappa shape index (κ1) is 23.6. The van der Waals surface area contributed by atoms with Crippen molar-refractivity contribution >= 4 is 11.8 Å². The molecule has 2 aromatic rings. The number of hydrogen-bond acceptors (Lipinski definition) is 5. The van der Waals surface area contributed by atoms with Crippen LogP contribution in [-0.4, -0.2) is 57.3 Å². The SMILES string of the molecule is CC(C)C(N)C(=O)N1CCCC1C(=O)NCc1ccc(-c2ccnn2C)cc1.CO. The summed E-state index contributed by atoms with van der Waals surface area (Å²) >= 11 is 0. The third-order valence-electron chi connectivity index (χ3n) is 5.38. The molecule has 0 bridgehead atoms. The summed E-state index contributed by atoms with van der Waals surface area (Å²) in [6.45, 7) is 4.86. The van der Waals surface area contributed by atoms with Gasteiger partial charge in [-0.1, -0.05) is 38.1 Å². The summed E-state index contributed by atoms with van der Waals surface area (Å²) in [5.74, 6) is -0.194. The maximum atomic E-state index is 12.7. The summed E-state index contributed by atoms with van der Waals surface area (Å²) in [5, 5.41) is 14.2. The Morgan fingerprint density at radius 1 is 1.23 bits per heavy atom. The Hall–Kier alpha value is -2.71. The molecule has 1 aliphatic heterocycles. The third kappa shape index (κ3) is 5.46. The van der Waals surface area contributed by atoms with E-state index in [0.717, 1.165) is 30.4 Å². The van der Waals surface area contributed by atoms with E-state index in [2.05, 4.69) is 10.4 Å². The molecule has 1 aliphatic rings.